The SMILES string of the molecule is CS(=O)(=O)OC1CCN2C(=O)Nc3ccccc3[C@@H]2C1. The van der Waals surface area contributed by atoms with Crippen LogP contribution in [-0.4, -0.2) is 38.3 Å². The predicted molar refractivity (Wildman–Crippen MR) is 73.9 cm³/mol. The fraction of sp³-hybridized carbons (Fsp3) is 0.462. The number of hydrogen-bond donors (Lipinski definition) is 1. The minimum Gasteiger partial charge on any atom is -0.317 e. The number of carbonyl (C=O) groups excluding carboxylic acids is 1. The smallest absolute Gasteiger partial charge is 0.317 e. The molecule has 2 aliphatic heterocycles. The Morgan fingerprint density at radius 3 is 2.85 bits per heavy atom. The number of rotatable bonds is 2. The monoisotopic (exact) mass is 296 g/mol. The first-order valence-electron chi connectivity index (χ1n) is 6.49. The number of piperidine rings is 1. The van der Waals surface area contributed by atoms with Gasteiger partial charge in [0.25, 0.3) is 10.1 Å². The molecule has 0 bridgehead atoms. The van der Waals surface area contributed by atoms with E-state index in [0.717, 1.165) is 17.5 Å². The van der Waals surface area contributed by atoms with Crippen LogP contribution in [0, 0.1) is 0 Å². The van der Waals surface area contributed by atoms with Crippen LogP contribution in [0.4, 0.5) is 10.5 Å². The Balaban J connectivity index is 1.88. The van der Waals surface area contributed by atoms with Crippen molar-refractivity contribution in [3.63, 3.8) is 0 Å². The molecule has 0 radical (unpaired) electrons. The molecule has 0 aromatic heterocycles. The van der Waals surface area contributed by atoms with Crippen molar-refractivity contribution in [3.05, 3.63) is 29.8 Å². The van der Waals surface area contributed by atoms with Gasteiger partial charge < -0.3 is 10.2 Å². The van der Waals surface area contributed by atoms with Crippen molar-refractivity contribution in [1.29, 1.82) is 0 Å². The molecule has 2 atom stereocenters. The van der Waals surface area contributed by atoms with E-state index in [1.54, 1.807) is 4.90 Å². The highest BCUT2D eigenvalue weighted by molar-refractivity contribution is 7.86. The van der Waals surface area contributed by atoms with Gasteiger partial charge in [0.05, 0.1) is 18.4 Å². The number of fused-ring (bicyclic) bond motifs is 3. The number of nitrogens with zero attached hydrogens (tertiary/aromatic N) is 1. The lowest BCUT2D eigenvalue weighted by atomic mass is 9.91. The number of hydrogen-bond acceptors (Lipinski definition) is 4. The quantitative estimate of drug-likeness (QED) is 0.843. The van der Waals surface area contributed by atoms with Crippen molar-refractivity contribution in [3.8, 4) is 0 Å². The Kier molecular flexibility index (Phi) is 3.18. The maximum absolute atomic E-state index is 12.0. The van der Waals surface area contributed by atoms with Crippen molar-refractivity contribution in [2.75, 3.05) is 18.1 Å². The first-order valence-corrected chi connectivity index (χ1v) is 8.30. The van der Waals surface area contributed by atoms with E-state index < -0.39 is 10.1 Å². The van der Waals surface area contributed by atoms with Gasteiger partial charge in [0.2, 0.25) is 0 Å². The summed E-state index contributed by atoms with van der Waals surface area (Å²) in [6.45, 7) is 0.491. The molecule has 0 aliphatic carbocycles. The largest absolute Gasteiger partial charge is 0.322 e. The fourth-order valence-corrected chi connectivity index (χ4v) is 3.56. The molecule has 6 nitrogen and oxygen atoms in total. The summed E-state index contributed by atoms with van der Waals surface area (Å²) in [6.07, 6.45) is 1.71. The van der Waals surface area contributed by atoms with Gasteiger partial charge in [-0.1, -0.05) is 18.2 Å². The van der Waals surface area contributed by atoms with E-state index in [0.29, 0.717) is 19.4 Å². The van der Waals surface area contributed by atoms with Gasteiger partial charge in [-0.25, -0.2) is 4.79 Å². The van der Waals surface area contributed by atoms with Crippen LogP contribution in [0.3, 0.4) is 0 Å². The van der Waals surface area contributed by atoms with Crippen LogP contribution in [-0.2, 0) is 14.3 Å². The Labute approximate surface area is 117 Å². The summed E-state index contributed by atoms with van der Waals surface area (Å²) < 4.78 is 27.6. The molecule has 1 N–H and O–H groups in total. The number of urea groups is 1. The third kappa shape index (κ3) is 2.51. The molecule has 2 amide bonds. The highest BCUT2D eigenvalue weighted by Gasteiger charge is 2.38. The summed E-state index contributed by atoms with van der Waals surface area (Å²) in [7, 11) is -3.47. The molecule has 2 aliphatic rings. The van der Waals surface area contributed by atoms with Crippen LogP contribution in [0.2, 0.25) is 0 Å². The number of nitrogens with one attached hydrogen (secondary N) is 1. The van der Waals surface area contributed by atoms with Gasteiger partial charge in [0.1, 0.15) is 0 Å². The molecule has 1 unspecified atom stereocenters. The zero-order chi connectivity index (χ0) is 14.3. The van der Waals surface area contributed by atoms with E-state index in [-0.39, 0.29) is 18.2 Å². The highest BCUT2D eigenvalue weighted by atomic mass is 32.2. The molecule has 108 valence electrons. The molecule has 0 saturated carbocycles. The lowest BCUT2D eigenvalue weighted by Crippen LogP contribution is -2.48. The Morgan fingerprint density at radius 2 is 2.10 bits per heavy atom. The molecule has 2 heterocycles. The third-order valence-electron chi connectivity index (χ3n) is 3.69. The van der Waals surface area contributed by atoms with Crippen LogP contribution < -0.4 is 5.32 Å². The van der Waals surface area contributed by atoms with Crippen molar-refractivity contribution >= 4 is 21.8 Å². The summed E-state index contributed by atoms with van der Waals surface area (Å²) in [4.78, 5) is 13.8. The van der Waals surface area contributed by atoms with Gasteiger partial charge in [-0.15, -0.1) is 0 Å². The molecule has 7 heteroatoms. The lowest BCUT2D eigenvalue weighted by molar-refractivity contribution is 0.0806. The molecule has 1 aromatic rings. The second kappa shape index (κ2) is 4.75. The summed E-state index contributed by atoms with van der Waals surface area (Å²) in [5, 5.41) is 2.85. The molecule has 20 heavy (non-hydrogen) atoms. The van der Waals surface area contributed by atoms with Crippen LogP contribution in [0.25, 0.3) is 0 Å². The third-order valence-corrected chi connectivity index (χ3v) is 4.31. The molecule has 0 spiro atoms. The second-order valence-electron chi connectivity index (χ2n) is 5.17. The molecular weight excluding hydrogens is 280 g/mol. The van der Waals surface area contributed by atoms with Crippen LogP contribution in [0.1, 0.15) is 24.4 Å². The van der Waals surface area contributed by atoms with E-state index in [9.17, 15) is 13.2 Å². The predicted octanol–water partition coefficient (Wildman–Crippen LogP) is 1.71. The molecular formula is C13H16N2O4S. The number of benzene rings is 1. The Hall–Kier alpha value is -1.60. The zero-order valence-corrected chi connectivity index (χ0v) is 11.9. The number of amides is 2. The van der Waals surface area contributed by atoms with Crippen molar-refractivity contribution in [1.82, 2.24) is 4.90 Å². The number of carbonyl (C=O) groups is 1. The van der Waals surface area contributed by atoms with E-state index in [4.69, 9.17) is 4.18 Å². The van der Waals surface area contributed by atoms with Crippen molar-refractivity contribution in [2.45, 2.75) is 25.0 Å². The highest BCUT2D eigenvalue weighted by Crippen LogP contribution is 2.39. The number of anilines is 1. The van der Waals surface area contributed by atoms with Gasteiger partial charge in [0, 0.05) is 12.2 Å². The van der Waals surface area contributed by atoms with Crippen LogP contribution >= 0.6 is 0 Å². The van der Waals surface area contributed by atoms with E-state index in [2.05, 4.69) is 5.32 Å². The standard InChI is InChI=1S/C13H16N2O4S/c1-20(17,18)19-9-6-7-15-12(8-9)10-4-2-3-5-11(10)14-13(15)16/h2-5,9,12H,6-8H2,1H3,(H,14,16)/t9?,12-/m0/s1. The molecule has 1 saturated heterocycles. The van der Waals surface area contributed by atoms with Gasteiger partial charge in [-0.3, -0.25) is 4.18 Å². The van der Waals surface area contributed by atoms with Gasteiger partial charge in [-0.05, 0) is 24.5 Å². The average Bonchev–Trinajstić information content (AvgIpc) is 2.37. The maximum atomic E-state index is 12.0. The van der Waals surface area contributed by atoms with Gasteiger partial charge in [0.15, 0.2) is 0 Å². The Morgan fingerprint density at radius 1 is 1.35 bits per heavy atom. The molecule has 3 rings (SSSR count). The topological polar surface area (TPSA) is 75.7 Å². The normalized spacial score (nSPS) is 25.6. The first kappa shape index (κ1) is 13.4. The summed E-state index contributed by atoms with van der Waals surface area (Å²) in [6, 6.07) is 7.32. The number of para-hydroxylation sites is 1. The fourth-order valence-electron chi connectivity index (χ4n) is 2.89. The zero-order valence-electron chi connectivity index (χ0n) is 11.1. The van der Waals surface area contributed by atoms with Crippen molar-refractivity contribution in [2.24, 2.45) is 0 Å². The van der Waals surface area contributed by atoms with Crippen molar-refractivity contribution < 1.29 is 17.4 Å². The molecule has 1 fully saturated rings. The van der Waals surface area contributed by atoms with Gasteiger partial charge >= 0.3 is 6.03 Å². The minimum absolute atomic E-state index is 0.125. The van der Waals surface area contributed by atoms with E-state index >= 15 is 0 Å². The van der Waals surface area contributed by atoms with Crippen LogP contribution in [0.15, 0.2) is 24.3 Å². The average molecular weight is 296 g/mol. The molecule has 1 aromatic carbocycles. The summed E-state index contributed by atoms with van der Waals surface area (Å²) >= 11 is 0. The Bertz CT molecular complexity index is 644. The maximum Gasteiger partial charge on any atom is 0.322 e. The second-order valence-corrected chi connectivity index (χ2v) is 6.77. The van der Waals surface area contributed by atoms with E-state index in [1.807, 2.05) is 24.3 Å². The van der Waals surface area contributed by atoms with Gasteiger partial charge in [-0.2, -0.15) is 8.42 Å². The lowest BCUT2D eigenvalue weighted by Gasteiger charge is -2.42. The first-order chi connectivity index (χ1) is 9.44. The summed E-state index contributed by atoms with van der Waals surface area (Å²) in [5.41, 5.74) is 1.80. The summed E-state index contributed by atoms with van der Waals surface area (Å²) in [5.74, 6) is 0. The minimum atomic E-state index is -3.47. The van der Waals surface area contributed by atoms with Crippen LogP contribution in [0.5, 0.6) is 0 Å². The van der Waals surface area contributed by atoms with E-state index in [1.165, 1.54) is 0 Å².